The number of esters is 1. The molecule has 1 atom stereocenters. The van der Waals surface area contributed by atoms with Crippen molar-refractivity contribution in [1.82, 2.24) is 5.32 Å². The van der Waals surface area contributed by atoms with Crippen LogP contribution in [-0.2, 0) is 10.3 Å². The molecule has 162 valence electrons. The number of imide groups is 1. The number of benzene rings is 4. The molecule has 0 saturated carbocycles. The summed E-state index contributed by atoms with van der Waals surface area (Å²) in [4.78, 5) is 38.2. The number of para-hydroxylation sites is 1. The van der Waals surface area contributed by atoms with Gasteiger partial charge in [0.15, 0.2) is 5.60 Å². The molecule has 1 unspecified atom stereocenters. The largest absolute Gasteiger partial charge is 0.456 e. The van der Waals surface area contributed by atoms with E-state index in [1.54, 1.807) is 30.3 Å². The van der Waals surface area contributed by atoms with Crippen molar-refractivity contribution in [3.8, 4) is 22.6 Å². The number of amides is 2. The molecule has 3 aliphatic heterocycles. The predicted octanol–water partition coefficient (Wildman–Crippen LogP) is 4.81. The summed E-state index contributed by atoms with van der Waals surface area (Å²) < 4.78 is 12.5. The van der Waals surface area contributed by atoms with E-state index < -0.39 is 23.4 Å². The van der Waals surface area contributed by atoms with Crippen LogP contribution in [-0.4, -0.2) is 17.8 Å². The van der Waals surface area contributed by atoms with Gasteiger partial charge in [0, 0.05) is 11.1 Å². The summed E-state index contributed by atoms with van der Waals surface area (Å²) in [6.45, 7) is 0. The van der Waals surface area contributed by atoms with Crippen molar-refractivity contribution in [1.29, 1.82) is 0 Å². The summed E-state index contributed by atoms with van der Waals surface area (Å²) in [6.07, 6.45) is 0. The molecule has 7 rings (SSSR count). The van der Waals surface area contributed by atoms with Crippen molar-refractivity contribution in [3.63, 3.8) is 0 Å². The summed E-state index contributed by atoms with van der Waals surface area (Å²) in [5.74, 6) is -0.214. The minimum atomic E-state index is -1.27. The van der Waals surface area contributed by atoms with Gasteiger partial charge in [-0.3, -0.25) is 14.9 Å². The Hall–Kier alpha value is -4.71. The first-order valence-electron chi connectivity index (χ1n) is 10.8. The monoisotopic (exact) mass is 445 g/mol. The third-order valence-electron chi connectivity index (χ3n) is 6.69. The highest BCUT2D eigenvalue weighted by Crippen LogP contribution is 2.58. The lowest BCUT2D eigenvalue weighted by atomic mass is 9.74. The average molecular weight is 445 g/mol. The van der Waals surface area contributed by atoms with E-state index in [0.717, 1.165) is 0 Å². The molecule has 3 heterocycles. The van der Waals surface area contributed by atoms with Crippen LogP contribution in [0, 0.1) is 0 Å². The number of hydrogen-bond acceptors (Lipinski definition) is 5. The van der Waals surface area contributed by atoms with Gasteiger partial charge in [-0.2, -0.15) is 0 Å². The predicted molar refractivity (Wildman–Crippen MR) is 122 cm³/mol. The van der Waals surface area contributed by atoms with E-state index in [-0.39, 0.29) is 0 Å². The molecule has 0 saturated heterocycles. The van der Waals surface area contributed by atoms with Crippen molar-refractivity contribution < 1.29 is 23.9 Å². The van der Waals surface area contributed by atoms with E-state index in [1.165, 1.54) is 0 Å². The molecule has 0 bridgehead atoms. The standard InChI is InChI=1S/C28H15NO5/c30-25-18-10-5-8-15(23(18)26(31)29-25)16-9-6-14-22-24(16)28(20-12-3-4-13-21(20)33-22)19-11-2-1-7-17(19)27(32)34-28/h1-14H,(H,29,30,31). The topological polar surface area (TPSA) is 81.7 Å². The number of carbonyl (C=O) groups excluding carboxylic acids is 3. The fourth-order valence-electron chi connectivity index (χ4n) is 5.35. The van der Waals surface area contributed by atoms with Crippen LogP contribution in [0.15, 0.2) is 84.9 Å². The van der Waals surface area contributed by atoms with Crippen LogP contribution in [0.5, 0.6) is 11.5 Å². The summed E-state index contributed by atoms with van der Waals surface area (Å²) in [5, 5.41) is 2.38. The lowest BCUT2D eigenvalue weighted by molar-refractivity contribution is 0.0226. The van der Waals surface area contributed by atoms with Gasteiger partial charge < -0.3 is 9.47 Å². The molecule has 4 aromatic rings. The van der Waals surface area contributed by atoms with Gasteiger partial charge in [-0.05, 0) is 35.4 Å². The van der Waals surface area contributed by atoms with Gasteiger partial charge in [0.05, 0.1) is 22.3 Å². The molecule has 34 heavy (non-hydrogen) atoms. The van der Waals surface area contributed by atoms with E-state index in [9.17, 15) is 14.4 Å². The SMILES string of the molecule is O=C1OC2(c3ccccc3Oc3cccc(-c4cccc5c4C(=O)NC5=O)c32)c2ccccc21. The van der Waals surface area contributed by atoms with Gasteiger partial charge in [-0.15, -0.1) is 0 Å². The smallest absolute Gasteiger partial charge is 0.340 e. The Morgan fingerprint density at radius 1 is 0.588 bits per heavy atom. The van der Waals surface area contributed by atoms with Crippen molar-refractivity contribution >= 4 is 17.8 Å². The Kier molecular flexibility index (Phi) is 3.55. The lowest BCUT2D eigenvalue weighted by Gasteiger charge is -2.38. The fraction of sp³-hybridized carbons (Fsp3) is 0.0357. The van der Waals surface area contributed by atoms with Crippen LogP contribution in [0.1, 0.15) is 47.8 Å². The first kappa shape index (κ1) is 18.8. The number of nitrogens with one attached hydrogen (secondary N) is 1. The summed E-state index contributed by atoms with van der Waals surface area (Å²) in [7, 11) is 0. The van der Waals surface area contributed by atoms with E-state index in [1.807, 2.05) is 54.6 Å². The van der Waals surface area contributed by atoms with E-state index in [2.05, 4.69) is 5.32 Å². The van der Waals surface area contributed by atoms with Crippen LogP contribution in [0.2, 0.25) is 0 Å². The molecule has 6 heteroatoms. The average Bonchev–Trinajstić information content (AvgIpc) is 3.32. The molecule has 1 N–H and O–H groups in total. The number of rotatable bonds is 1. The minimum Gasteiger partial charge on any atom is -0.456 e. The first-order chi connectivity index (χ1) is 16.6. The molecular weight excluding hydrogens is 430 g/mol. The van der Waals surface area contributed by atoms with Gasteiger partial charge in [-0.1, -0.05) is 60.7 Å². The molecule has 4 aromatic carbocycles. The molecule has 0 fully saturated rings. The van der Waals surface area contributed by atoms with Crippen molar-refractivity contribution in [2.45, 2.75) is 5.60 Å². The molecular formula is C28H15NO5. The Balaban J connectivity index is 1.61. The number of ether oxygens (including phenoxy) is 2. The normalized spacial score (nSPS) is 19.0. The number of hydrogen-bond donors (Lipinski definition) is 1. The molecule has 0 aliphatic carbocycles. The van der Waals surface area contributed by atoms with E-state index in [0.29, 0.717) is 56.0 Å². The van der Waals surface area contributed by atoms with E-state index >= 15 is 0 Å². The van der Waals surface area contributed by atoms with Crippen LogP contribution in [0.4, 0.5) is 0 Å². The van der Waals surface area contributed by atoms with Crippen molar-refractivity contribution in [2.24, 2.45) is 0 Å². The van der Waals surface area contributed by atoms with Gasteiger partial charge >= 0.3 is 5.97 Å². The van der Waals surface area contributed by atoms with E-state index in [4.69, 9.17) is 9.47 Å². The second-order valence-electron chi connectivity index (χ2n) is 8.40. The van der Waals surface area contributed by atoms with Crippen LogP contribution >= 0.6 is 0 Å². The summed E-state index contributed by atoms with van der Waals surface area (Å²) >= 11 is 0. The number of fused-ring (bicyclic) bond motifs is 7. The van der Waals surface area contributed by atoms with Crippen LogP contribution in [0.3, 0.4) is 0 Å². The summed E-state index contributed by atoms with van der Waals surface area (Å²) in [5.41, 5.74) is 3.06. The Labute approximate surface area is 193 Å². The second kappa shape index (κ2) is 6.42. The Morgan fingerprint density at radius 3 is 2.12 bits per heavy atom. The van der Waals surface area contributed by atoms with Crippen LogP contribution in [0.25, 0.3) is 11.1 Å². The zero-order chi connectivity index (χ0) is 23.0. The molecule has 0 radical (unpaired) electrons. The number of carbonyl (C=O) groups is 3. The molecule has 0 aromatic heterocycles. The zero-order valence-electron chi connectivity index (χ0n) is 17.6. The van der Waals surface area contributed by atoms with Gasteiger partial charge in [0.2, 0.25) is 0 Å². The van der Waals surface area contributed by atoms with Gasteiger partial charge in [0.25, 0.3) is 11.8 Å². The highest BCUT2D eigenvalue weighted by molar-refractivity contribution is 6.24. The zero-order valence-corrected chi connectivity index (χ0v) is 17.6. The fourth-order valence-corrected chi connectivity index (χ4v) is 5.35. The third kappa shape index (κ3) is 2.21. The molecule has 2 amide bonds. The second-order valence-corrected chi connectivity index (χ2v) is 8.40. The first-order valence-corrected chi connectivity index (χ1v) is 10.8. The highest BCUT2D eigenvalue weighted by atomic mass is 16.6. The quantitative estimate of drug-likeness (QED) is 0.336. The third-order valence-corrected chi connectivity index (χ3v) is 6.69. The maximum atomic E-state index is 13.1. The van der Waals surface area contributed by atoms with Crippen molar-refractivity contribution in [2.75, 3.05) is 0 Å². The lowest BCUT2D eigenvalue weighted by Crippen LogP contribution is -2.33. The Bertz CT molecular complexity index is 1600. The highest BCUT2D eigenvalue weighted by Gasteiger charge is 2.54. The van der Waals surface area contributed by atoms with Gasteiger partial charge in [0.1, 0.15) is 11.5 Å². The molecule has 6 nitrogen and oxygen atoms in total. The Morgan fingerprint density at radius 2 is 1.24 bits per heavy atom. The van der Waals surface area contributed by atoms with Gasteiger partial charge in [-0.25, -0.2) is 4.79 Å². The molecule has 3 aliphatic rings. The minimum absolute atomic E-state index is 0.299. The molecule has 1 spiro atoms. The van der Waals surface area contributed by atoms with Crippen molar-refractivity contribution in [3.05, 3.63) is 118 Å². The van der Waals surface area contributed by atoms with Crippen LogP contribution < -0.4 is 10.1 Å². The maximum absolute atomic E-state index is 13.1. The maximum Gasteiger partial charge on any atom is 0.340 e. The summed E-state index contributed by atoms with van der Waals surface area (Å²) in [6, 6.07) is 25.4.